The van der Waals surface area contributed by atoms with E-state index in [0.29, 0.717) is 22.4 Å². The van der Waals surface area contributed by atoms with Crippen LogP contribution in [0.5, 0.6) is 0 Å². The van der Waals surface area contributed by atoms with Gasteiger partial charge in [-0.15, -0.1) is 0 Å². The van der Waals surface area contributed by atoms with E-state index < -0.39 is 23.2 Å². The maximum Gasteiger partial charge on any atom is 0.283 e. The molecule has 5 nitrogen and oxygen atoms in total. The minimum atomic E-state index is -3.37. The van der Waals surface area contributed by atoms with Crippen LogP contribution in [-0.4, -0.2) is 60.4 Å². The van der Waals surface area contributed by atoms with Gasteiger partial charge in [0.25, 0.3) is 11.8 Å². The minimum absolute atomic E-state index is 0.0689. The third-order valence-electron chi connectivity index (χ3n) is 9.67. The lowest BCUT2D eigenvalue weighted by Crippen LogP contribution is -2.62. The third-order valence-corrected chi connectivity index (χ3v) is 9.98. The lowest BCUT2D eigenvalue weighted by atomic mass is 9.65. The Labute approximate surface area is 230 Å². The van der Waals surface area contributed by atoms with Gasteiger partial charge in [-0.2, -0.15) is 0 Å². The van der Waals surface area contributed by atoms with Crippen LogP contribution in [0.2, 0.25) is 5.02 Å². The molecule has 1 amide bonds. The lowest BCUT2D eigenvalue weighted by molar-refractivity contribution is -0.224. The summed E-state index contributed by atoms with van der Waals surface area (Å²) in [6, 6.07) is 5.66. The Hall–Kier alpha value is -1.73. The van der Waals surface area contributed by atoms with E-state index in [4.69, 9.17) is 11.6 Å². The van der Waals surface area contributed by atoms with Crippen LogP contribution in [0.15, 0.2) is 18.2 Å². The number of hydrogen-bond donors (Lipinski definition) is 1. The number of rotatable bonds is 5. The topological polar surface area (TPSA) is 60.9 Å². The molecule has 1 N–H and O–H groups in total. The number of carbonyl (C=O) groups is 2. The Morgan fingerprint density at radius 2 is 1.61 bits per heavy atom. The zero-order valence-electron chi connectivity index (χ0n) is 23.2. The number of alkyl halides is 2. The molecule has 3 unspecified atom stereocenters. The Bertz CT molecular complexity index is 1020. The minimum Gasteiger partial charge on any atom is -0.376 e. The molecular formula is C30H43ClF2N2O3. The van der Waals surface area contributed by atoms with E-state index in [0.717, 1.165) is 63.7 Å². The van der Waals surface area contributed by atoms with Crippen molar-refractivity contribution in [2.24, 2.45) is 29.6 Å². The molecule has 3 fully saturated rings. The van der Waals surface area contributed by atoms with Crippen LogP contribution >= 0.6 is 11.6 Å². The average Bonchev–Trinajstić information content (AvgIpc) is 3.12. The number of Topliss-reactive ketones (excluding diaryl/α,β-unsaturated/α-hetero) is 1. The molecule has 1 aliphatic heterocycles. The predicted octanol–water partition coefficient (Wildman–Crippen LogP) is 6.46. The van der Waals surface area contributed by atoms with Gasteiger partial charge in [-0.05, 0) is 73.5 Å². The van der Waals surface area contributed by atoms with E-state index in [2.05, 4.69) is 4.90 Å². The van der Waals surface area contributed by atoms with Crippen molar-refractivity contribution in [1.82, 2.24) is 4.90 Å². The standard InChI is InChI=1S/C30H43ClF2N2O3/c1-19(2)30(38)27(36)16-23(18-29(30,32)33)21-7-5-6-20(8-9-21)22-12-14-35(15-13-22)24-10-11-25(26(31)17-24)28(37)34(3)4/h10-11,17,19-23,38H,5-9,12-16,18H2,1-4H3/t20?,21?,23?,30-/m1/s1. The molecule has 4 atom stereocenters. The second-order valence-electron chi connectivity index (χ2n) is 12.4. The summed E-state index contributed by atoms with van der Waals surface area (Å²) in [6.07, 6.45) is 6.75. The van der Waals surface area contributed by atoms with Crippen LogP contribution < -0.4 is 4.90 Å². The van der Waals surface area contributed by atoms with Crippen LogP contribution in [0, 0.1) is 29.6 Å². The predicted molar refractivity (Wildman–Crippen MR) is 147 cm³/mol. The molecular weight excluding hydrogens is 510 g/mol. The molecule has 1 saturated heterocycles. The summed E-state index contributed by atoms with van der Waals surface area (Å²) in [5.41, 5.74) is -0.986. The van der Waals surface area contributed by atoms with E-state index in [1.54, 1.807) is 20.2 Å². The Balaban J connectivity index is 1.32. The molecule has 38 heavy (non-hydrogen) atoms. The Morgan fingerprint density at radius 3 is 2.13 bits per heavy atom. The van der Waals surface area contributed by atoms with Crippen molar-refractivity contribution in [2.45, 2.75) is 83.2 Å². The number of nitrogens with zero attached hydrogens (tertiary/aromatic N) is 2. The van der Waals surface area contributed by atoms with Gasteiger partial charge in [0, 0.05) is 45.7 Å². The average molecular weight is 553 g/mol. The number of hydrogen-bond acceptors (Lipinski definition) is 4. The first-order chi connectivity index (χ1) is 17.8. The van der Waals surface area contributed by atoms with Gasteiger partial charge < -0.3 is 14.9 Å². The summed E-state index contributed by atoms with van der Waals surface area (Å²) in [7, 11) is 3.42. The fraction of sp³-hybridized carbons (Fsp3) is 0.733. The summed E-state index contributed by atoms with van der Waals surface area (Å²) in [4.78, 5) is 28.9. The highest BCUT2D eigenvalue weighted by atomic mass is 35.5. The van der Waals surface area contributed by atoms with E-state index in [1.807, 2.05) is 12.1 Å². The van der Waals surface area contributed by atoms with Gasteiger partial charge in [-0.25, -0.2) is 8.78 Å². The highest BCUT2D eigenvalue weighted by Gasteiger charge is 2.63. The Kier molecular flexibility index (Phi) is 8.78. The van der Waals surface area contributed by atoms with Crippen molar-refractivity contribution >= 4 is 29.0 Å². The lowest BCUT2D eigenvalue weighted by Gasteiger charge is -2.45. The van der Waals surface area contributed by atoms with Crippen molar-refractivity contribution in [1.29, 1.82) is 0 Å². The highest BCUT2D eigenvalue weighted by Crippen LogP contribution is 2.50. The quantitative estimate of drug-likeness (QED) is 0.426. The zero-order valence-corrected chi connectivity index (χ0v) is 23.9. The van der Waals surface area contributed by atoms with Crippen molar-refractivity contribution < 1.29 is 23.5 Å². The molecule has 0 bridgehead atoms. The normalized spacial score (nSPS) is 30.8. The molecule has 2 aliphatic carbocycles. The second kappa shape index (κ2) is 11.4. The maximum atomic E-state index is 15.0. The molecule has 1 aromatic rings. The number of carbonyl (C=O) groups excluding carboxylic acids is 2. The van der Waals surface area contributed by atoms with Crippen LogP contribution in [0.4, 0.5) is 14.5 Å². The van der Waals surface area contributed by atoms with Gasteiger partial charge in [0.2, 0.25) is 0 Å². The molecule has 212 valence electrons. The largest absolute Gasteiger partial charge is 0.376 e. The highest BCUT2D eigenvalue weighted by molar-refractivity contribution is 6.34. The van der Waals surface area contributed by atoms with Gasteiger partial charge in [0.15, 0.2) is 11.4 Å². The summed E-state index contributed by atoms with van der Waals surface area (Å²) >= 11 is 6.44. The van der Waals surface area contributed by atoms with Gasteiger partial charge in [0.1, 0.15) is 0 Å². The number of benzene rings is 1. The molecule has 3 aliphatic rings. The van der Waals surface area contributed by atoms with E-state index in [-0.39, 0.29) is 30.6 Å². The first kappa shape index (κ1) is 29.3. The fourth-order valence-corrected chi connectivity index (χ4v) is 7.53. The molecule has 0 spiro atoms. The van der Waals surface area contributed by atoms with E-state index >= 15 is 8.78 Å². The molecule has 4 rings (SSSR count). The van der Waals surface area contributed by atoms with E-state index in [1.165, 1.54) is 18.7 Å². The second-order valence-corrected chi connectivity index (χ2v) is 12.8. The Morgan fingerprint density at radius 1 is 1.03 bits per heavy atom. The number of amides is 1. The van der Waals surface area contributed by atoms with Crippen molar-refractivity contribution in [3.05, 3.63) is 28.8 Å². The van der Waals surface area contributed by atoms with Crippen LogP contribution in [0.1, 0.15) is 82.0 Å². The van der Waals surface area contributed by atoms with Crippen molar-refractivity contribution in [3.63, 3.8) is 0 Å². The number of aliphatic hydroxyl groups is 1. The summed E-state index contributed by atoms with van der Waals surface area (Å²) < 4.78 is 30.0. The van der Waals surface area contributed by atoms with Crippen molar-refractivity contribution in [2.75, 3.05) is 32.1 Å². The van der Waals surface area contributed by atoms with Crippen LogP contribution in [-0.2, 0) is 4.79 Å². The molecule has 0 aromatic heterocycles. The molecule has 1 heterocycles. The summed E-state index contributed by atoms with van der Waals surface area (Å²) in [5, 5.41) is 11.0. The van der Waals surface area contributed by atoms with Gasteiger partial charge >= 0.3 is 0 Å². The SMILES string of the molecule is CC(C)[C@@]1(O)C(=O)CC(C2CCCC(C3CCN(c4ccc(C(=O)N(C)C)c(Cl)c4)CC3)CC2)CC1(F)F. The fourth-order valence-electron chi connectivity index (χ4n) is 7.28. The summed E-state index contributed by atoms with van der Waals surface area (Å²) in [5.74, 6) is -3.99. The smallest absolute Gasteiger partial charge is 0.283 e. The monoisotopic (exact) mass is 552 g/mol. The summed E-state index contributed by atoms with van der Waals surface area (Å²) in [6.45, 7) is 4.87. The number of anilines is 1. The van der Waals surface area contributed by atoms with Gasteiger partial charge in [-0.3, -0.25) is 9.59 Å². The third kappa shape index (κ3) is 5.60. The van der Waals surface area contributed by atoms with E-state index in [9.17, 15) is 14.7 Å². The number of halogens is 3. The number of ketones is 1. The zero-order chi connectivity index (χ0) is 27.8. The number of piperidine rings is 1. The van der Waals surface area contributed by atoms with Crippen molar-refractivity contribution in [3.8, 4) is 0 Å². The molecule has 0 radical (unpaired) electrons. The first-order valence-corrected chi connectivity index (χ1v) is 14.6. The van der Waals surface area contributed by atoms with Crippen LogP contribution in [0.25, 0.3) is 0 Å². The van der Waals surface area contributed by atoms with Crippen LogP contribution in [0.3, 0.4) is 0 Å². The van der Waals surface area contributed by atoms with Gasteiger partial charge in [-0.1, -0.05) is 44.7 Å². The molecule has 2 saturated carbocycles. The maximum absolute atomic E-state index is 15.0. The molecule has 1 aromatic carbocycles. The molecule has 8 heteroatoms. The first-order valence-electron chi connectivity index (χ1n) is 14.2. The van der Waals surface area contributed by atoms with Gasteiger partial charge in [0.05, 0.1) is 10.6 Å².